The number of amides is 1. The zero-order chi connectivity index (χ0) is 22.8. The number of esters is 1. The van der Waals surface area contributed by atoms with Crippen LogP contribution in [0.2, 0.25) is 0 Å². The summed E-state index contributed by atoms with van der Waals surface area (Å²) in [5.74, 6) is -1.66. The Morgan fingerprint density at radius 2 is 1.25 bits per heavy atom. The van der Waals surface area contributed by atoms with E-state index in [0.29, 0.717) is 5.56 Å². The van der Waals surface area contributed by atoms with E-state index in [4.69, 9.17) is 14.6 Å². The molecule has 7 nitrogen and oxygen atoms in total. The highest BCUT2D eigenvalue weighted by Gasteiger charge is 2.24. The second kappa shape index (κ2) is 11.3. The highest BCUT2D eigenvalue weighted by molar-refractivity contribution is 5.87. The van der Waals surface area contributed by atoms with Crippen molar-refractivity contribution >= 4 is 18.0 Å². The summed E-state index contributed by atoms with van der Waals surface area (Å²) < 4.78 is 10.6. The molecule has 2 N–H and O–H groups in total. The van der Waals surface area contributed by atoms with Gasteiger partial charge in [-0.1, -0.05) is 72.8 Å². The molecule has 0 aromatic heterocycles. The fourth-order valence-electron chi connectivity index (χ4n) is 2.95. The van der Waals surface area contributed by atoms with Crippen LogP contribution in [0, 0.1) is 0 Å². The summed E-state index contributed by atoms with van der Waals surface area (Å²) in [6.45, 7) is 0.126. The van der Waals surface area contributed by atoms with Gasteiger partial charge in [0.1, 0.15) is 19.3 Å². The third kappa shape index (κ3) is 6.98. The number of carbonyl (C=O) groups is 3. The van der Waals surface area contributed by atoms with Crippen molar-refractivity contribution in [3.05, 3.63) is 107 Å². The molecule has 0 heterocycles. The van der Waals surface area contributed by atoms with Gasteiger partial charge in [0.05, 0.1) is 5.56 Å². The maximum absolute atomic E-state index is 12.7. The van der Waals surface area contributed by atoms with Gasteiger partial charge in [-0.25, -0.2) is 14.4 Å². The van der Waals surface area contributed by atoms with E-state index < -0.39 is 24.1 Å². The summed E-state index contributed by atoms with van der Waals surface area (Å²) in [4.78, 5) is 36.1. The SMILES string of the molecule is O=C(N[C@@H](Cc1ccc(C(=O)O)cc1)C(=O)OCc1ccccc1)OCc1ccccc1. The number of hydrogen-bond acceptors (Lipinski definition) is 5. The molecule has 3 aromatic rings. The van der Waals surface area contributed by atoms with E-state index >= 15 is 0 Å². The molecule has 7 heteroatoms. The summed E-state index contributed by atoms with van der Waals surface area (Å²) in [6, 6.07) is 23.4. The molecule has 1 amide bonds. The Morgan fingerprint density at radius 1 is 0.719 bits per heavy atom. The summed E-state index contributed by atoms with van der Waals surface area (Å²) in [7, 11) is 0. The van der Waals surface area contributed by atoms with E-state index in [2.05, 4.69) is 5.32 Å². The van der Waals surface area contributed by atoms with Crippen LogP contribution in [0.5, 0.6) is 0 Å². The van der Waals surface area contributed by atoms with Gasteiger partial charge in [0.15, 0.2) is 0 Å². The van der Waals surface area contributed by atoms with Crippen molar-refractivity contribution in [2.75, 3.05) is 0 Å². The molecular formula is C25H23NO6. The van der Waals surface area contributed by atoms with Crippen molar-refractivity contribution in [3.63, 3.8) is 0 Å². The number of carboxylic acid groups (broad SMARTS) is 1. The van der Waals surface area contributed by atoms with Gasteiger partial charge in [-0.15, -0.1) is 0 Å². The van der Waals surface area contributed by atoms with E-state index in [1.807, 2.05) is 60.7 Å². The van der Waals surface area contributed by atoms with Crippen LogP contribution in [-0.2, 0) is 33.9 Å². The van der Waals surface area contributed by atoms with Gasteiger partial charge in [-0.05, 0) is 28.8 Å². The van der Waals surface area contributed by atoms with Crippen LogP contribution < -0.4 is 5.32 Å². The number of alkyl carbamates (subject to hydrolysis) is 1. The topological polar surface area (TPSA) is 102 Å². The highest BCUT2D eigenvalue weighted by atomic mass is 16.6. The first-order valence-corrected chi connectivity index (χ1v) is 10.0. The monoisotopic (exact) mass is 433 g/mol. The molecule has 0 saturated carbocycles. The third-order valence-electron chi connectivity index (χ3n) is 4.65. The van der Waals surface area contributed by atoms with Crippen LogP contribution in [0.3, 0.4) is 0 Å². The molecule has 0 aliphatic heterocycles. The Balaban J connectivity index is 1.65. The fraction of sp³-hybridized carbons (Fsp3) is 0.160. The van der Waals surface area contributed by atoms with Crippen molar-refractivity contribution in [3.8, 4) is 0 Å². The average Bonchev–Trinajstić information content (AvgIpc) is 2.82. The van der Waals surface area contributed by atoms with Crippen LogP contribution in [0.4, 0.5) is 4.79 Å². The van der Waals surface area contributed by atoms with Gasteiger partial charge >= 0.3 is 18.0 Å². The lowest BCUT2D eigenvalue weighted by Gasteiger charge is -2.18. The minimum atomic E-state index is -1.04. The van der Waals surface area contributed by atoms with Crippen LogP contribution in [0.1, 0.15) is 27.0 Å². The first kappa shape index (κ1) is 22.6. The number of nitrogens with one attached hydrogen (secondary N) is 1. The van der Waals surface area contributed by atoms with Crippen LogP contribution in [0.25, 0.3) is 0 Å². The van der Waals surface area contributed by atoms with Crippen LogP contribution in [0.15, 0.2) is 84.9 Å². The molecule has 0 aliphatic rings. The zero-order valence-corrected chi connectivity index (χ0v) is 17.3. The van der Waals surface area contributed by atoms with E-state index in [9.17, 15) is 14.4 Å². The van der Waals surface area contributed by atoms with Gasteiger partial charge in [0.25, 0.3) is 0 Å². The first-order chi connectivity index (χ1) is 15.5. The lowest BCUT2D eigenvalue weighted by Crippen LogP contribution is -2.43. The normalized spacial score (nSPS) is 11.2. The molecule has 32 heavy (non-hydrogen) atoms. The number of rotatable bonds is 9. The van der Waals surface area contributed by atoms with Crippen molar-refractivity contribution in [2.24, 2.45) is 0 Å². The van der Waals surface area contributed by atoms with Gasteiger partial charge in [-0.3, -0.25) is 0 Å². The summed E-state index contributed by atoms with van der Waals surface area (Å²) in [5, 5.41) is 11.6. The van der Waals surface area contributed by atoms with Crippen LogP contribution >= 0.6 is 0 Å². The second-order valence-corrected chi connectivity index (χ2v) is 7.06. The lowest BCUT2D eigenvalue weighted by molar-refractivity contribution is -0.147. The fourth-order valence-corrected chi connectivity index (χ4v) is 2.95. The molecule has 0 spiro atoms. The maximum Gasteiger partial charge on any atom is 0.408 e. The highest BCUT2D eigenvalue weighted by Crippen LogP contribution is 2.10. The van der Waals surface area contributed by atoms with Crippen molar-refractivity contribution in [1.29, 1.82) is 0 Å². The van der Waals surface area contributed by atoms with E-state index in [-0.39, 0.29) is 25.2 Å². The van der Waals surface area contributed by atoms with Gasteiger partial charge in [-0.2, -0.15) is 0 Å². The number of hydrogen-bond donors (Lipinski definition) is 2. The Hall–Kier alpha value is -4.13. The molecule has 0 radical (unpaired) electrons. The number of aromatic carboxylic acids is 1. The summed E-state index contributed by atoms with van der Waals surface area (Å²) in [5.41, 5.74) is 2.43. The van der Waals surface area contributed by atoms with Crippen molar-refractivity contribution < 1.29 is 29.0 Å². The molecular weight excluding hydrogens is 410 g/mol. The number of benzene rings is 3. The molecule has 3 rings (SSSR count). The van der Waals surface area contributed by atoms with Gasteiger partial charge in [0.2, 0.25) is 0 Å². The second-order valence-electron chi connectivity index (χ2n) is 7.06. The minimum absolute atomic E-state index is 0.0613. The van der Waals surface area contributed by atoms with Crippen LogP contribution in [-0.4, -0.2) is 29.2 Å². The third-order valence-corrected chi connectivity index (χ3v) is 4.65. The molecule has 0 aliphatic carbocycles. The summed E-state index contributed by atoms with van der Waals surface area (Å²) in [6.07, 6.45) is -0.633. The number of carbonyl (C=O) groups excluding carboxylic acids is 2. The van der Waals surface area contributed by atoms with E-state index in [1.54, 1.807) is 12.1 Å². The Bertz CT molecular complexity index is 1040. The molecule has 0 unspecified atom stereocenters. The largest absolute Gasteiger partial charge is 0.478 e. The Morgan fingerprint density at radius 3 is 1.78 bits per heavy atom. The Labute approximate surface area is 185 Å². The van der Waals surface area contributed by atoms with Crippen molar-refractivity contribution in [1.82, 2.24) is 5.32 Å². The van der Waals surface area contributed by atoms with E-state index in [1.165, 1.54) is 12.1 Å². The number of ether oxygens (including phenoxy) is 2. The summed E-state index contributed by atoms with van der Waals surface area (Å²) >= 11 is 0. The molecule has 164 valence electrons. The maximum atomic E-state index is 12.7. The first-order valence-electron chi connectivity index (χ1n) is 10.0. The van der Waals surface area contributed by atoms with E-state index in [0.717, 1.165) is 11.1 Å². The smallest absolute Gasteiger partial charge is 0.408 e. The van der Waals surface area contributed by atoms with Crippen molar-refractivity contribution in [2.45, 2.75) is 25.7 Å². The molecule has 0 saturated heterocycles. The predicted octanol–water partition coefficient (Wildman–Crippen LogP) is 3.97. The molecule has 0 bridgehead atoms. The van der Waals surface area contributed by atoms with Gasteiger partial charge < -0.3 is 19.9 Å². The number of carboxylic acids is 1. The zero-order valence-electron chi connectivity index (χ0n) is 17.3. The minimum Gasteiger partial charge on any atom is -0.478 e. The van der Waals surface area contributed by atoms with Gasteiger partial charge in [0, 0.05) is 6.42 Å². The lowest BCUT2D eigenvalue weighted by atomic mass is 10.0. The molecule has 0 fully saturated rings. The Kier molecular flexibility index (Phi) is 7.97. The molecule has 3 aromatic carbocycles. The molecule has 1 atom stereocenters. The predicted molar refractivity (Wildman–Crippen MR) is 117 cm³/mol. The quantitative estimate of drug-likeness (QED) is 0.495. The standard InChI is InChI=1S/C25H23NO6/c27-23(28)21-13-11-18(12-14-21)15-22(24(29)31-16-19-7-3-1-4-8-19)26-25(30)32-17-20-9-5-2-6-10-20/h1-14,22H,15-17H2,(H,26,30)(H,27,28)/t22-/m0/s1. The average molecular weight is 433 g/mol.